The quantitative estimate of drug-likeness (QED) is 0.653. The van der Waals surface area contributed by atoms with Crippen molar-refractivity contribution in [2.75, 3.05) is 20.1 Å². The molecule has 0 aromatic rings. The van der Waals surface area contributed by atoms with Crippen molar-refractivity contribution in [1.82, 2.24) is 10.6 Å². The van der Waals surface area contributed by atoms with Crippen molar-refractivity contribution >= 4 is 11.7 Å². The molecule has 1 amide bonds. The minimum Gasteiger partial charge on any atom is -0.354 e. The molecule has 98 valence electrons. The maximum Gasteiger partial charge on any atom is 0.226 e. The summed E-state index contributed by atoms with van der Waals surface area (Å²) in [5.41, 5.74) is -0.616. The molecular formula is C12H28N2O2. The van der Waals surface area contributed by atoms with Crippen molar-refractivity contribution in [2.45, 2.75) is 34.1 Å². The van der Waals surface area contributed by atoms with Gasteiger partial charge in [-0.1, -0.05) is 27.7 Å². The highest BCUT2D eigenvalue weighted by Gasteiger charge is 2.30. The second kappa shape index (κ2) is 6.63. The van der Waals surface area contributed by atoms with Crippen LogP contribution in [-0.4, -0.2) is 31.8 Å². The van der Waals surface area contributed by atoms with Crippen LogP contribution in [0.1, 0.15) is 37.0 Å². The summed E-state index contributed by atoms with van der Waals surface area (Å²) in [6.45, 7) is 8.66. The van der Waals surface area contributed by atoms with E-state index in [1.54, 1.807) is 0 Å². The summed E-state index contributed by atoms with van der Waals surface area (Å²) in [5, 5.41) is 5.77. The number of ketones is 1. The Hall–Kier alpha value is -0.900. The molecule has 0 heterocycles. The van der Waals surface area contributed by atoms with E-state index in [4.69, 9.17) is 0 Å². The molecule has 0 atom stereocenters. The number of nitrogens with one attached hydrogen (secondary N) is 2. The van der Waals surface area contributed by atoms with Crippen molar-refractivity contribution in [2.24, 2.45) is 11.3 Å². The van der Waals surface area contributed by atoms with Crippen LogP contribution in [0.4, 0.5) is 0 Å². The molecule has 0 aliphatic rings. The van der Waals surface area contributed by atoms with Crippen LogP contribution >= 0.6 is 0 Å². The van der Waals surface area contributed by atoms with Gasteiger partial charge >= 0.3 is 0 Å². The smallest absolute Gasteiger partial charge is 0.226 e. The van der Waals surface area contributed by atoms with E-state index in [1.165, 1.54) is 0 Å². The number of carbonyl (C=O) groups excluding carboxylic acids is 2. The van der Waals surface area contributed by atoms with Crippen LogP contribution in [0.15, 0.2) is 0 Å². The van der Waals surface area contributed by atoms with Gasteiger partial charge in [-0.3, -0.25) is 9.59 Å². The van der Waals surface area contributed by atoms with Gasteiger partial charge in [-0.05, 0) is 7.05 Å². The molecule has 0 rings (SSSR count). The van der Waals surface area contributed by atoms with E-state index in [9.17, 15) is 9.59 Å². The third-order valence-electron chi connectivity index (χ3n) is 2.54. The molecule has 0 bridgehead atoms. The monoisotopic (exact) mass is 232 g/mol. The molecule has 0 fully saturated rings. The Bertz CT molecular complexity index is 256. The van der Waals surface area contributed by atoms with E-state index in [-0.39, 0.29) is 20.5 Å². The molecule has 4 nitrogen and oxygen atoms in total. The predicted molar refractivity (Wildman–Crippen MR) is 69.4 cm³/mol. The molecule has 4 heteroatoms. The first-order chi connectivity index (χ1) is 7.31. The van der Waals surface area contributed by atoms with Crippen molar-refractivity contribution < 1.29 is 12.4 Å². The predicted octanol–water partition coefficient (Wildman–Crippen LogP) is 1.46. The normalized spacial score (nSPS) is 11.6. The van der Waals surface area contributed by atoms with Crippen LogP contribution in [0.25, 0.3) is 0 Å². The summed E-state index contributed by atoms with van der Waals surface area (Å²) >= 11 is 0. The third kappa shape index (κ3) is 5.26. The zero-order chi connectivity index (χ0) is 12.8. The van der Waals surface area contributed by atoms with Gasteiger partial charge in [0, 0.05) is 28.3 Å². The summed E-state index contributed by atoms with van der Waals surface area (Å²) in [6, 6.07) is 0. The fourth-order valence-electron chi connectivity index (χ4n) is 1.26. The Balaban J connectivity index is -0.00000112. The molecule has 0 aromatic heterocycles. The van der Waals surface area contributed by atoms with Crippen molar-refractivity contribution in [3.8, 4) is 0 Å². The fraction of sp³-hybridized carbons (Fsp3) is 0.833. The van der Waals surface area contributed by atoms with Gasteiger partial charge in [0.05, 0.1) is 5.41 Å². The Morgan fingerprint density at radius 3 is 2.25 bits per heavy atom. The second-order valence-electron chi connectivity index (χ2n) is 5.04. The van der Waals surface area contributed by atoms with Crippen molar-refractivity contribution in [3.05, 3.63) is 0 Å². The molecule has 2 N–H and O–H groups in total. The lowest BCUT2D eigenvalue weighted by Crippen LogP contribution is -2.41. The van der Waals surface area contributed by atoms with E-state index >= 15 is 0 Å². The van der Waals surface area contributed by atoms with Crippen LogP contribution in [0.5, 0.6) is 0 Å². The Morgan fingerprint density at radius 2 is 1.81 bits per heavy atom. The van der Waals surface area contributed by atoms with Gasteiger partial charge in [0.15, 0.2) is 0 Å². The van der Waals surface area contributed by atoms with E-state index < -0.39 is 5.41 Å². The van der Waals surface area contributed by atoms with Gasteiger partial charge < -0.3 is 10.6 Å². The largest absolute Gasteiger partial charge is 0.354 e. The molecule has 0 saturated carbocycles. The first kappa shape index (κ1) is 15.1. The van der Waals surface area contributed by atoms with E-state index in [0.29, 0.717) is 13.0 Å². The average Bonchev–Trinajstić information content (AvgIpc) is 2.17. The molecule has 0 aliphatic heterocycles. The zero-order valence-corrected chi connectivity index (χ0v) is 11.0. The number of likely N-dealkylation sites (N-methyl/N-ethyl adjacent to an activating group) is 1. The molecule has 16 heavy (non-hydrogen) atoms. The molecule has 0 radical (unpaired) electrons. The van der Waals surface area contributed by atoms with E-state index in [0.717, 1.165) is 6.54 Å². The highest BCUT2D eigenvalue weighted by atomic mass is 16.2. The number of hydrogen-bond donors (Lipinski definition) is 2. The number of amides is 1. The minimum absolute atomic E-state index is 0. The van der Waals surface area contributed by atoms with Gasteiger partial charge in [-0.2, -0.15) is 0 Å². The lowest BCUT2D eigenvalue weighted by Gasteiger charge is -2.23. The standard InChI is InChI=1S/C12H24N2O2.2H2/c1-9(2)10(15)8-12(3,4)11(16)14-7-6-13-5;;/h9,13H,6-8H2,1-5H3,(H,14,16);2*1H. The second-order valence-corrected chi connectivity index (χ2v) is 5.04. The number of carbonyl (C=O) groups is 2. The molecule has 0 saturated heterocycles. The van der Waals surface area contributed by atoms with Crippen LogP contribution in [0.2, 0.25) is 0 Å². The zero-order valence-electron chi connectivity index (χ0n) is 11.0. The number of Topliss-reactive ketones (excluding diaryl/α,β-unsaturated/α-hetero) is 1. The molecular weight excluding hydrogens is 204 g/mol. The Kier molecular flexibility index (Phi) is 6.26. The van der Waals surface area contributed by atoms with Gasteiger partial charge in [-0.25, -0.2) is 0 Å². The molecule has 0 unspecified atom stereocenters. The van der Waals surface area contributed by atoms with Crippen LogP contribution < -0.4 is 10.6 Å². The fourth-order valence-corrected chi connectivity index (χ4v) is 1.26. The average molecular weight is 232 g/mol. The number of hydrogen-bond acceptors (Lipinski definition) is 3. The highest BCUT2D eigenvalue weighted by molar-refractivity contribution is 5.89. The van der Waals surface area contributed by atoms with Crippen LogP contribution in [-0.2, 0) is 9.59 Å². The van der Waals surface area contributed by atoms with Gasteiger partial charge in [0.25, 0.3) is 0 Å². The van der Waals surface area contributed by atoms with Gasteiger partial charge in [0.2, 0.25) is 5.91 Å². The first-order valence-corrected chi connectivity index (χ1v) is 5.77. The van der Waals surface area contributed by atoms with Crippen LogP contribution in [0, 0.1) is 11.3 Å². The lowest BCUT2D eigenvalue weighted by molar-refractivity contribution is -0.135. The number of rotatable bonds is 7. The lowest BCUT2D eigenvalue weighted by atomic mass is 9.83. The summed E-state index contributed by atoms with van der Waals surface area (Å²) in [5.74, 6) is 0.0647. The van der Waals surface area contributed by atoms with Crippen LogP contribution in [0.3, 0.4) is 0 Å². The molecule has 0 aromatic carbocycles. The maximum absolute atomic E-state index is 11.8. The minimum atomic E-state index is -0.616. The summed E-state index contributed by atoms with van der Waals surface area (Å²) in [4.78, 5) is 23.4. The molecule has 0 aliphatic carbocycles. The van der Waals surface area contributed by atoms with Crippen molar-refractivity contribution in [3.63, 3.8) is 0 Å². The van der Waals surface area contributed by atoms with Gasteiger partial charge in [0.1, 0.15) is 5.78 Å². The first-order valence-electron chi connectivity index (χ1n) is 5.77. The highest BCUT2D eigenvalue weighted by Crippen LogP contribution is 2.22. The SMILES string of the molecule is CNCCNC(=O)C(C)(C)CC(=O)C(C)C.[HH].[HH]. The topological polar surface area (TPSA) is 58.2 Å². The maximum atomic E-state index is 11.8. The summed E-state index contributed by atoms with van der Waals surface area (Å²) in [7, 11) is 1.83. The van der Waals surface area contributed by atoms with Gasteiger partial charge in [-0.15, -0.1) is 0 Å². The van der Waals surface area contributed by atoms with E-state index in [2.05, 4.69) is 10.6 Å². The van der Waals surface area contributed by atoms with Crippen molar-refractivity contribution in [1.29, 1.82) is 0 Å². The summed E-state index contributed by atoms with van der Waals surface area (Å²) in [6.07, 6.45) is 0.302. The Labute approximate surface area is 101 Å². The summed E-state index contributed by atoms with van der Waals surface area (Å²) < 4.78 is 0. The molecule has 0 spiro atoms. The Morgan fingerprint density at radius 1 is 1.25 bits per heavy atom. The van der Waals surface area contributed by atoms with E-state index in [1.807, 2.05) is 34.7 Å². The third-order valence-corrected chi connectivity index (χ3v) is 2.54.